The first-order valence-corrected chi connectivity index (χ1v) is 12.1. The Bertz CT molecular complexity index is 987. The van der Waals surface area contributed by atoms with Crippen LogP contribution in [-0.2, 0) is 33.4 Å². The van der Waals surface area contributed by atoms with E-state index < -0.39 is 24.0 Å². The highest BCUT2D eigenvalue weighted by molar-refractivity contribution is 6.03. The summed E-state index contributed by atoms with van der Waals surface area (Å²) in [7, 11) is 0. The fourth-order valence-corrected chi connectivity index (χ4v) is 4.10. The molecular weight excluding hydrogens is 488 g/mol. The molecule has 2 heterocycles. The van der Waals surface area contributed by atoms with Crippen LogP contribution in [0.15, 0.2) is 24.3 Å². The minimum atomic E-state index is -1.10. The molecule has 4 N–H and O–H groups in total. The summed E-state index contributed by atoms with van der Waals surface area (Å²) in [6, 6.07) is 6.38. The first-order chi connectivity index (χ1) is 17.9. The van der Waals surface area contributed by atoms with Crippen LogP contribution in [0.3, 0.4) is 0 Å². The monoisotopic (exact) mass is 520 g/mol. The Morgan fingerprint density at radius 3 is 2.43 bits per heavy atom. The van der Waals surface area contributed by atoms with Crippen molar-refractivity contribution in [3.63, 3.8) is 0 Å². The second-order valence-corrected chi connectivity index (χ2v) is 8.47. The van der Waals surface area contributed by atoms with Crippen molar-refractivity contribution < 1.29 is 43.3 Å². The van der Waals surface area contributed by atoms with Crippen molar-refractivity contribution in [2.45, 2.75) is 31.2 Å². The number of fused-ring (bicyclic) bond motifs is 1. The van der Waals surface area contributed by atoms with Crippen LogP contribution in [0.4, 0.5) is 10.5 Å². The Balaban J connectivity index is 1.40. The molecule has 0 saturated carbocycles. The number of hydrogen-bond donors (Lipinski definition) is 4. The molecule has 0 aromatic heterocycles. The molecule has 13 nitrogen and oxygen atoms in total. The van der Waals surface area contributed by atoms with Crippen molar-refractivity contribution in [2.75, 3.05) is 57.6 Å². The lowest BCUT2D eigenvalue weighted by atomic mass is 9.88. The third kappa shape index (κ3) is 8.51. The van der Waals surface area contributed by atoms with Crippen molar-refractivity contribution in [1.82, 2.24) is 16.0 Å². The molecule has 1 fully saturated rings. The van der Waals surface area contributed by atoms with E-state index in [1.54, 1.807) is 29.2 Å². The molecule has 0 unspecified atom stereocenters. The van der Waals surface area contributed by atoms with Gasteiger partial charge in [0.2, 0.25) is 17.7 Å². The molecule has 202 valence electrons. The predicted octanol–water partition coefficient (Wildman–Crippen LogP) is -0.254. The number of benzene rings is 1. The predicted molar refractivity (Wildman–Crippen MR) is 129 cm³/mol. The van der Waals surface area contributed by atoms with Gasteiger partial charge in [0.15, 0.2) is 0 Å². The zero-order valence-electron chi connectivity index (χ0n) is 20.4. The van der Waals surface area contributed by atoms with Crippen molar-refractivity contribution in [2.24, 2.45) is 0 Å². The van der Waals surface area contributed by atoms with Gasteiger partial charge in [-0.1, -0.05) is 18.2 Å². The number of piperidine rings is 1. The summed E-state index contributed by atoms with van der Waals surface area (Å²) in [5.41, 5.74) is 1.31. The van der Waals surface area contributed by atoms with E-state index in [2.05, 4.69) is 16.0 Å². The van der Waals surface area contributed by atoms with Crippen molar-refractivity contribution in [1.29, 1.82) is 0 Å². The van der Waals surface area contributed by atoms with Gasteiger partial charge in [0.1, 0.15) is 12.6 Å². The third-order valence-corrected chi connectivity index (χ3v) is 5.91. The van der Waals surface area contributed by atoms with Crippen LogP contribution in [0.1, 0.15) is 30.7 Å². The molecule has 2 atom stereocenters. The number of rotatable bonds is 13. The fourth-order valence-electron chi connectivity index (χ4n) is 4.10. The molecule has 5 amide bonds. The normalized spacial score (nSPS) is 19.1. The summed E-state index contributed by atoms with van der Waals surface area (Å²) in [4.78, 5) is 61.1. The van der Waals surface area contributed by atoms with Gasteiger partial charge in [-0.25, -0.2) is 4.79 Å². The van der Waals surface area contributed by atoms with Gasteiger partial charge in [-0.3, -0.25) is 24.5 Å². The summed E-state index contributed by atoms with van der Waals surface area (Å²) < 4.78 is 16.0. The van der Waals surface area contributed by atoms with Gasteiger partial charge in [0.25, 0.3) is 5.91 Å². The van der Waals surface area contributed by atoms with Crippen LogP contribution in [0.2, 0.25) is 0 Å². The Morgan fingerprint density at radius 2 is 1.70 bits per heavy atom. The molecule has 0 spiro atoms. The first kappa shape index (κ1) is 28.0. The number of carbonyl (C=O) groups excluding carboxylic acids is 4. The molecule has 13 heteroatoms. The Morgan fingerprint density at radius 1 is 1.00 bits per heavy atom. The molecule has 2 aliphatic rings. The lowest BCUT2D eigenvalue weighted by molar-refractivity contribution is -0.137. The molecule has 1 saturated heterocycles. The maximum atomic E-state index is 13.0. The van der Waals surface area contributed by atoms with Crippen LogP contribution in [0.25, 0.3) is 0 Å². The standard InChI is InChI=1S/C24H32N4O9/c29-20-6-5-18(23(32)27-20)26-22(31)17-7-9-28(19-4-2-1-3-16(17)19)21(30)15-37-14-13-36-12-11-35-10-8-25-24(33)34/h1-4,17-18,25H,5-15H2,(H,26,31)(H,33,34)(H,27,29,32)/t17-,18+/m1/s1. The first-order valence-electron chi connectivity index (χ1n) is 12.1. The number of anilines is 1. The molecule has 37 heavy (non-hydrogen) atoms. The highest BCUT2D eigenvalue weighted by atomic mass is 16.5. The number of carbonyl (C=O) groups is 5. The summed E-state index contributed by atoms with van der Waals surface area (Å²) in [5.74, 6) is -1.94. The summed E-state index contributed by atoms with van der Waals surface area (Å²) in [6.07, 6.45) is -0.291. The van der Waals surface area contributed by atoms with E-state index >= 15 is 0 Å². The number of amides is 5. The van der Waals surface area contributed by atoms with Gasteiger partial charge < -0.3 is 34.9 Å². The molecule has 0 bridgehead atoms. The SMILES string of the molecule is O=C(O)NCCOCCOCCOCC(=O)N1CC[C@@H](C(=O)N[C@H]2CCC(=O)NC2=O)c2ccccc21. The average molecular weight is 521 g/mol. The van der Waals surface area contributed by atoms with Gasteiger partial charge in [-0.15, -0.1) is 0 Å². The number of imide groups is 1. The zero-order chi connectivity index (χ0) is 26.6. The molecule has 1 aromatic carbocycles. The summed E-state index contributed by atoms with van der Waals surface area (Å²) in [5, 5.41) is 15.6. The third-order valence-electron chi connectivity index (χ3n) is 5.91. The molecular formula is C24H32N4O9. The average Bonchev–Trinajstić information content (AvgIpc) is 2.87. The van der Waals surface area contributed by atoms with E-state index in [1.807, 2.05) is 0 Å². The van der Waals surface area contributed by atoms with Crippen LogP contribution in [0.5, 0.6) is 0 Å². The van der Waals surface area contributed by atoms with E-state index in [0.29, 0.717) is 37.4 Å². The van der Waals surface area contributed by atoms with E-state index in [4.69, 9.17) is 19.3 Å². The lowest BCUT2D eigenvalue weighted by Gasteiger charge is -2.34. The quantitative estimate of drug-likeness (QED) is 0.202. The minimum Gasteiger partial charge on any atom is -0.465 e. The van der Waals surface area contributed by atoms with Crippen molar-refractivity contribution >= 4 is 35.4 Å². The maximum Gasteiger partial charge on any atom is 0.404 e. The number of nitrogens with one attached hydrogen (secondary N) is 3. The van der Waals surface area contributed by atoms with E-state index in [-0.39, 0.29) is 63.5 Å². The fraction of sp³-hybridized carbons (Fsp3) is 0.542. The van der Waals surface area contributed by atoms with E-state index in [1.165, 1.54) is 0 Å². The number of para-hydroxylation sites is 1. The van der Waals surface area contributed by atoms with Crippen LogP contribution >= 0.6 is 0 Å². The summed E-state index contributed by atoms with van der Waals surface area (Å²) >= 11 is 0. The Hall–Kier alpha value is -3.55. The van der Waals surface area contributed by atoms with Gasteiger partial charge in [0, 0.05) is 25.2 Å². The van der Waals surface area contributed by atoms with E-state index in [0.717, 1.165) is 0 Å². The number of ether oxygens (including phenoxy) is 3. The van der Waals surface area contributed by atoms with Gasteiger partial charge in [0.05, 0.1) is 39.0 Å². The molecule has 3 rings (SSSR count). The Labute approximate surface area is 213 Å². The van der Waals surface area contributed by atoms with Crippen molar-refractivity contribution in [3.8, 4) is 0 Å². The largest absolute Gasteiger partial charge is 0.465 e. The van der Waals surface area contributed by atoms with Crippen molar-refractivity contribution in [3.05, 3.63) is 29.8 Å². The van der Waals surface area contributed by atoms with Gasteiger partial charge in [-0.2, -0.15) is 0 Å². The number of hydrogen-bond acceptors (Lipinski definition) is 8. The van der Waals surface area contributed by atoms with Crippen LogP contribution in [-0.4, -0.2) is 93.6 Å². The summed E-state index contributed by atoms with van der Waals surface area (Å²) in [6.45, 7) is 1.71. The molecule has 0 aliphatic carbocycles. The number of nitrogens with zero attached hydrogens (tertiary/aromatic N) is 1. The minimum absolute atomic E-state index is 0.151. The molecule has 2 aliphatic heterocycles. The smallest absolute Gasteiger partial charge is 0.404 e. The lowest BCUT2D eigenvalue weighted by Crippen LogP contribution is -2.53. The Kier molecular flexibility index (Phi) is 10.8. The second-order valence-electron chi connectivity index (χ2n) is 8.47. The molecule has 1 aromatic rings. The maximum absolute atomic E-state index is 13.0. The van der Waals surface area contributed by atoms with Gasteiger partial charge >= 0.3 is 6.09 Å². The molecule has 0 radical (unpaired) electrons. The van der Waals surface area contributed by atoms with E-state index in [9.17, 15) is 24.0 Å². The zero-order valence-corrected chi connectivity index (χ0v) is 20.4. The van der Waals surface area contributed by atoms with Crippen LogP contribution < -0.4 is 20.9 Å². The second kappa shape index (κ2) is 14.3. The highest BCUT2D eigenvalue weighted by Gasteiger charge is 2.35. The topological polar surface area (TPSA) is 173 Å². The highest BCUT2D eigenvalue weighted by Crippen LogP contribution is 2.35. The van der Waals surface area contributed by atoms with Gasteiger partial charge in [-0.05, 0) is 24.5 Å². The van der Waals surface area contributed by atoms with Crippen LogP contribution in [0, 0.1) is 0 Å². The number of carboxylic acid groups (broad SMARTS) is 1.